The molecule has 2 unspecified atom stereocenters. The van der Waals surface area contributed by atoms with Crippen molar-refractivity contribution in [2.75, 3.05) is 5.73 Å². The van der Waals surface area contributed by atoms with Crippen LogP contribution in [0.1, 0.15) is 32.2 Å². The maximum atomic E-state index is 13.6. The third-order valence-electron chi connectivity index (χ3n) is 3.77. The lowest BCUT2D eigenvalue weighted by atomic mass is 10.1. The summed E-state index contributed by atoms with van der Waals surface area (Å²) in [6.45, 7) is 2.18. The fourth-order valence-electron chi connectivity index (χ4n) is 2.93. The SMILES string of the molecule is CC1CCC(n2c(N)nc3c(F)cc(F)cc32)C1. The number of nitrogens with zero attached hydrogens (tertiary/aromatic N) is 2. The molecular weight excluding hydrogens is 236 g/mol. The summed E-state index contributed by atoms with van der Waals surface area (Å²) in [7, 11) is 0. The van der Waals surface area contributed by atoms with Crippen LogP contribution < -0.4 is 5.73 Å². The highest BCUT2D eigenvalue weighted by molar-refractivity contribution is 5.79. The van der Waals surface area contributed by atoms with Crippen LogP contribution in [-0.4, -0.2) is 9.55 Å². The molecule has 3 nitrogen and oxygen atoms in total. The van der Waals surface area contributed by atoms with Crippen molar-refractivity contribution in [3.8, 4) is 0 Å². The third kappa shape index (κ3) is 1.65. The second kappa shape index (κ2) is 3.93. The van der Waals surface area contributed by atoms with E-state index in [1.807, 2.05) is 0 Å². The fraction of sp³-hybridized carbons (Fsp3) is 0.462. The van der Waals surface area contributed by atoms with Crippen molar-refractivity contribution in [3.05, 3.63) is 23.8 Å². The average Bonchev–Trinajstić information content (AvgIpc) is 2.82. The Bertz CT molecular complexity index is 606. The first-order valence-electron chi connectivity index (χ1n) is 6.18. The van der Waals surface area contributed by atoms with Gasteiger partial charge in [-0.05, 0) is 25.2 Å². The predicted octanol–water partition coefficient (Wildman–Crippen LogP) is 3.26. The molecule has 3 rings (SSSR count). The number of halogens is 2. The number of hydrogen-bond donors (Lipinski definition) is 1. The Morgan fingerprint density at radius 2 is 2.11 bits per heavy atom. The van der Waals surface area contributed by atoms with Gasteiger partial charge in [-0.1, -0.05) is 6.92 Å². The normalized spacial score (nSPS) is 23.9. The van der Waals surface area contributed by atoms with Crippen LogP contribution in [0.25, 0.3) is 11.0 Å². The summed E-state index contributed by atoms with van der Waals surface area (Å²) in [5.41, 5.74) is 6.48. The molecule has 5 heteroatoms. The van der Waals surface area contributed by atoms with E-state index in [-0.39, 0.29) is 17.5 Å². The van der Waals surface area contributed by atoms with Crippen LogP contribution in [0.15, 0.2) is 12.1 Å². The molecule has 18 heavy (non-hydrogen) atoms. The van der Waals surface area contributed by atoms with Crippen LogP contribution in [-0.2, 0) is 0 Å². The molecule has 0 radical (unpaired) electrons. The van der Waals surface area contributed by atoms with Crippen LogP contribution in [0.2, 0.25) is 0 Å². The predicted molar refractivity (Wildman–Crippen MR) is 66.1 cm³/mol. The van der Waals surface area contributed by atoms with E-state index in [2.05, 4.69) is 11.9 Å². The van der Waals surface area contributed by atoms with Crippen molar-refractivity contribution >= 4 is 17.0 Å². The highest BCUT2D eigenvalue weighted by Gasteiger charge is 2.26. The highest BCUT2D eigenvalue weighted by atomic mass is 19.1. The van der Waals surface area contributed by atoms with Gasteiger partial charge in [0.2, 0.25) is 5.95 Å². The Morgan fingerprint density at radius 1 is 1.33 bits per heavy atom. The molecule has 0 saturated heterocycles. The Hall–Kier alpha value is -1.65. The van der Waals surface area contributed by atoms with Crippen molar-refractivity contribution in [1.29, 1.82) is 0 Å². The Labute approximate surface area is 104 Å². The van der Waals surface area contributed by atoms with Crippen LogP contribution in [0, 0.1) is 17.6 Å². The van der Waals surface area contributed by atoms with Gasteiger partial charge >= 0.3 is 0 Å². The minimum Gasteiger partial charge on any atom is -0.369 e. The van der Waals surface area contributed by atoms with E-state index in [9.17, 15) is 8.78 Å². The molecule has 1 aliphatic carbocycles. The van der Waals surface area contributed by atoms with Gasteiger partial charge in [-0.25, -0.2) is 13.8 Å². The molecule has 2 aromatic rings. The van der Waals surface area contributed by atoms with Crippen LogP contribution in [0.4, 0.5) is 14.7 Å². The molecule has 1 heterocycles. The van der Waals surface area contributed by atoms with E-state index in [1.54, 1.807) is 4.57 Å². The minimum atomic E-state index is -0.651. The van der Waals surface area contributed by atoms with Gasteiger partial charge in [0.1, 0.15) is 11.3 Å². The lowest BCUT2D eigenvalue weighted by Gasteiger charge is -2.14. The minimum absolute atomic E-state index is 0.161. The molecule has 0 spiro atoms. The van der Waals surface area contributed by atoms with Gasteiger partial charge in [0.05, 0.1) is 5.52 Å². The molecule has 0 aliphatic heterocycles. The fourth-order valence-corrected chi connectivity index (χ4v) is 2.93. The van der Waals surface area contributed by atoms with Crippen molar-refractivity contribution in [1.82, 2.24) is 9.55 Å². The first-order valence-corrected chi connectivity index (χ1v) is 6.18. The monoisotopic (exact) mass is 251 g/mol. The molecule has 1 aromatic carbocycles. The number of hydrogen-bond acceptors (Lipinski definition) is 2. The highest BCUT2D eigenvalue weighted by Crippen LogP contribution is 2.38. The largest absolute Gasteiger partial charge is 0.369 e. The molecule has 1 aromatic heterocycles. The Balaban J connectivity index is 2.19. The topological polar surface area (TPSA) is 43.8 Å². The number of benzene rings is 1. The number of rotatable bonds is 1. The second-order valence-corrected chi connectivity index (χ2v) is 5.17. The average molecular weight is 251 g/mol. The second-order valence-electron chi connectivity index (χ2n) is 5.17. The van der Waals surface area contributed by atoms with Crippen molar-refractivity contribution in [3.63, 3.8) is 0 Å². The van der Waals surface area contributed by atoms with E-state index in [0.717, 1.165) is 25.3 Å². The molecule has 2 atom stereocenters. The van der Waals surface area contributed by atoms with Gasteiger partial charge in [0, 0.05) is 18.2 Å². The molecule has 2 N–H and O–H groups in total. The zero-order chi connectivity index (χ0) is 12.9. The standard InChI is InChI=1S/C13H15F2N3/c1-7-2-3-9(4-7)18-11-6-8(14)5-10(15)12(11)17-13(18)16/h5-7,9H,2-4H2,1H3,(H2,16,17). The number of anilines is 1. The van der Waals surface area contributed by atoms with E-state index in [0.29, 0.717) is 11.4 Å². The maximum Gasteiger partial charge on any atom is 0.201 e. The molecule has 1 saturated carbocycles. The van der Waals surface area contributed by atoms with Gasteiger partial charge in [-0.2, -0.15) is 0 Å². The number of fused-ring (bicyclic) bond motifs is 1. The van der Waals surface area contributed by atoms with E-state index >= 15 is 0 Å². The summed E-state index contributed by atoms with van der Waals surface area (Å²) < 4.78 is 28.7. The van der Waals surface area contributed by atoms with Gasteiger partial charge in [-0.3, -0.25) is 0 Å². The summed E-state index contributed by atoms with van der Waals surface area (Å²) in [5.74, 6) is -0.354. The molecule has 96 valence electrons. The first-order chi connectivity index (χ1) is 8.56. The van der Waals surface area contributed by atoms with E-state index < -0.39 is 11.6 Å². The van der Waals surface area contributed by atoms with Crippen molar-refractivity contribution in [2.24, 2.45) is 5.92 Å². The Kier molecular flexibility index (Phi) is 2.50. The van der Waals surface area contributed by atoms with Gasteiger partial charge in [0.15, 0.2) is 5.82 Å². The summed E-state index contributed by atoms with van der Waals surface area (Å²) in [5, 5.41) is 0. The number of aromatic nitrogens is 2. The molecular formula is C13H15F2N3. The van der Waals surface area contributed by atoms with Crippen molar-refractivity contribution in [2.45, 2.75) is 32.2 Å². The quantitative estimate of drug-likeness (QED) is 0.845. The maximum absolute atomic E-state index is 13.6. The van der Waals surface area contributed by atoms with Crippen LogP contribution in [0.5, 0.6) is 0 Å². The molecule has 1 fully saturated rings. The number of imidazole rings is 1. The van der Waals surface area contributed by atoms with E-state index in [1.165, 1.54) is 6.07 Å². The van der Waals surface area contributed by atoms with Crippen molar-refractivity contribution < 1.29 is 8.78 Å². The molecule has 1 aliphatic rings. The van der Waals surface area contributed by atoms with Gasteiger partial charge in [0.25, 0.3) is 0 Å². The number of nitrogens with two attached hydrogens (primary N) is 1. The summed E-state index contributed by atoms with van der Waals surface area (Å²) >= 11 is 0. The third-order valence-corrected chi connectivity index (χ3v) is 3.77. The van der Waals surface area contributed by atoms with Gasteiger partial charge < -0.3 is 10.3 Å². The van der Waals surface area contributed by atoms with E-state index in [4.69, 9.17) is 5.73 Å². The first kappa shape index (κ1) is 11.4. The summed E-state index contributed by atoms with van der Waals surface area (Å²) in [4.78, 5) is 4.02. The van der Waals surface area contributed by atoms with Gasteiger partial charge in [-0.15, -0.1) is 0 Å². The van der Waals surface area contributed by atoms with Crippen LogP contribution in [0.3, 0.4) is 0 Å². The summed E-state index contributed by atoms with van der Waals surface area (Å²) in [6, 6.07) is 2.35. The smallest absolute Gasteiger partial charge is 0.201 e. The molecule has 0 amide bonds. The molecule has 0 bridgehead atoms. The Morgan fingerprint density at radius 3 is 2.78 bits per heavy atom. The lowest BCUT2D eigenvalue weighted by Crippen LogP contribution is -2.09. The summed E-state index contributed by atoms with van der Waals surface area (Å²) in [6.07, 6.45) is 3.07. The van der Waals surface area contributed by atoms with Crippen LogP contribution >= 0.6 is 0 Å². The lowest BCUT2D eigenvalue weighted by molar-refractivity contribution is 0.509. The number of nitrogen functional groups attached to an aromatic ring is 1. The zero-order valence-corrected chi connectivity index (χ0v) is 10.2. The zero-order valence-electron chi connectivity index (χ0n) is 10.2.